The molecule has 1 unspecified atom stereocenters. The van der Waals surface area contributed by atoms with Gasteiger partial charge in [-0.05, 0) is 37.1 Å². The average molecular weight is 234 g/mol. The number of nitrogens with zero attached hydrogens (tertiary/aromatic N) is 1. The van der Waals surface area contributed by atoms with E-state index in [0.29, 0.717) is 0 Å². The first kappa shape index (κ1) is 11.8. The SMILES string of the molecule is COC(=O)C(C)Nc1ccc2c(c1)CCN2C. The molecule has 0 fully saturated rings. The van der Waals surface area contributed by atoms with Crippen LogP contribution >= 0.6 is 0 Å². The van der Waals surface area contributed by atoms with Crippen molar-refractivity contribution >= 4 is 17.3 Å². The van der Waals surface area contributed by atoms with E-state index in [1.165, 1.54) is 18.4 Å². The van der Waals surface area contributed by atoms with E-state index >= 15 is 0 Å². The third-order valence-electron chi connectivity index (χ3n) is 3.15. The fourth-order valence-electron chi connectivity index (χ4n) is 2.14. The van der Waals surface area contributed by atoms with E-state index in [9.17, 15) is 4.79 Å². The molecule has 4 nitrogen and oxygen atoms in total. The molecule has 0 aromatic heterocycles. The minimum Gasteiger partial charge on any atom is -0.467 e. The third-order valence-corrected chi connectivity index (χ3v) is 3.15. The number of hydrogen-bond donors (Lipinski definition) is 1. The number of nitrogens with one attached hydrogen (secondary N) is 1. The number of ether oxygens (including phenoxy) is 1. The van der Waals surface area contributed by atoms with E-state index in [-0.39, 0.29) is 12.0 Å². The molecule has 92 valence electrons. The minimum atomic E-state index is -0.322. The number of hydrogen-bond acceptors (Lipinski definition) is 4. The van der Waals surface area contributed by atoms with Crippen LogP contribution in [0, 0.1) is 0 Å². The van der Waals surface area contributed by atoms with Crippen molar-refractivity contribution in [2.75, 3.05) is 30.9 Å². The van der Waals surface area contributed by atoms with Crippen LogP contribution in [-0.2, 0) is 16.0 Å². The van der Waals surface area contributed by atoms with Crippen LogP contribution in [0.4, 0.5) is 11.4 Å². The second-order valence-corrected chi connectivity index (χ2v) is 4.40. The average Bonchev–Trinajstić information content (AvgIpc) is 2.69. The number of esters is 1. The predicted molar refractivity (Wildman–Crippen MR) is 68.5 cm³/mol. The number of benzene rings is 1. The van der Waals surface area contributed by atoms with Gasteiger partial charge in [0.05, 0.1) is 7.11 Å². The van der Waals surface area contributed by atoms with E-state index in [1.54, 1.807) is 6.92 Å². The Balaban J connectivity index is 2.11. The summed E-state index contributed by atoms with van der Waals surface area (Å²) in [7, 11) is 3.49. The molecule has 4 heteroatoms. The van der Waals surface area contributed by atoms with Crippen LogP contribution in [0.25, 0.3) is 0 Å². The van der Waals surface area contributed by atoms with Gasteiger partial charge in [0.25, 0.3) is 0 Å². The van der Waals surface area contributed by atoms with Gasteiger partial charge >= 0.3 is 5.97 Å². The van der Waals surface area contributed by atoms with Gasteiger partial charge in [-0.2, -0.15) is 0 Å². The van der Waals surface area contributed by atoms with Crippen LogP contribution in [-0.4, -0.2) is 32.7 Å². The van der Waals surface area contributed by atoms with Crippen molar-refractivity contribution in [3.05, 3.63) is 23.8 Å². The molecule has 2 rings (SSSR count). The van der Waals surface area contributed by atoms with Gasteiger partial charge in [-0.25, -0.2) is 4.79 Å². The van der Waals surface area contributed by atoms with Crippen molar-refractivity contribution in [2.24, 2.45) is 0 Å². The molecule has 1 aromatic rings. The molecule has 0 amide bonds. The van der Waals surface area contributed by atoms with Crippen molar-refractivity contribution in [1.29, 1.82) is 0 Å². The maximum Gasteiger partial charge on any atom is 0.327 e. The van der Waals surface area contributed by atoms with Crippen molar-refractivity contribution in [1.82, 2.24) is 0 Å². The standard InChI is InChI=1S/C13H18N2O2/c1-9(13(16)17-3)14-11-4-5-12-10(8-11)6-7-15(12)2/h4-5,8-9,14H,6-7H2,1-3H3. The largest absolute Gasteiger partial charge is 0.467 e. The topological polar surface area (TPSA) is 41.6 Å². The number of likely N-dealkylation sites (N-methyl/N-ethyl adjacent to an activating group) is 1. The van der Waals surface area contributed by atoms with Gasteiger partial charge in [-0.1, -0.05) is 0 Å². The number of carbonyl (C=O) groups excluding carboxylic acids is 1. The van der Waals surface area contributed by atoms with Crippen molar-refractivity contribution in [2.45, 2.75) is 19.4 Å². The number of carbonyl (C=O) groups is 1. The zero-order valence-corrected chi connectivity index (χ0v) is 10.5. The summed E-state index contributed by atoms with van der Waals surface area (Å²) in [4.78, 5) is 13.5. The highest BCUT2D eigenvalue weighted by Crippen LogP contribution is 2.29. The molecule has 17 heavy (non-hydrogen) atoms. The summed E-state index contributed by atoms with van der Waals surface area (Å²) in [6, 6.07) is 5.88. The molecule has 0 saturated carbocycles. The lowest BCUT2D eigenvalue weighted by atomic mass is 10.1. The Kier molecular flexibility index (Phi) is 3.22. The molecule has 1 aromatic carbocycles. The van der Waals surface area contributed by atoms with E-state index < -0.39 is 0 Å². The molecular weight excluding hydrogens is 216 g/mol. The van der Waals surface area contributed by atoms with Crippen molar-refractivity contribution in [3.8, 4) is 0 Å². The van der Waals surface area contributed by atoms with Crippen molar-refractivity contribution in [3.63, 3.8) is 0 Å². The Morgan fingerprint density at radius 2 is 2.29 bits per heavy atom. The molecule has 0 bridgehead atoms. The molecule has 1 N–H and O–H groups in total. The monoisotopic (exact) mass is 234 g/mol. The van der Waals surface area contributed by atoms with Crippen molar-refractivity contribution < 1.29 is 9.53 Å². The summed E-state index contributed by atoms with van der Waals surface area (Å²) in [6.07, 6.45) is 1.06. The third kappa shape index (κ3) is 2.35. The first-order valence-corrected chi connectivity index (χ1v) is 5.80. The highest BCUT2D eigenvalue weighted by Gasteiger charge is 2.17. The molecule has 1 aliphatic rings. The Labute approximate surface area is 102 Å². The highest BCUT2D eigenvalue weighted by atomic mass is 16.5. The van der Waals surface area contributed by atoms with Crippen LogP contribution in [0.2, 0.25) is 0 Å². The van der Waals surface area contributed by atoms with Gasteiger partial charge in [0.2, 0.25) is 0 Å². The van der Waals surface area contributed by atoms with E-state index in [2.05, 4.69) is 34.1 Å². The summed E-state index contributed by atoms with van der Waals surface area (Å²) in [5, 5.41) is 3.14. The predicted octanol–water partition coefficient (Wildman–Crippen LogP) is 1.65. The summed E-state index contributed by atoms with van der Waals surface area (Å²) in [6.45, 7) is 2.86. The smallest absolute Gasteiger partial charge is 0.327 e. The second kappa shape index (κ2) is 4.65. The van der Waals surface area contributed by atoms with E-state index in [4.69, 9.17) is 0 Å². The minimum absolute atomic E-state index is 0.248. The molecule has 1 atom stereocenters. The molecule has 0 aliphatic carbocycles. The summed E-state index contributed by atoms with van der Waals surface area (Å²) in [5.41, 5.74) is 3.58. The molecule has 0 radical (unpaired) electrons. The first-order valence-electron chi connectivity index (χ1n) is 5.80. The number of rotatable bonds is 3. The van der Waals surface area contributed by atoms with Gasteiger partial charge in [0.15, 0.2) is 0 Å². The quantitative estimate of drug-likeness (QED) is 0.807. The lowest BCUT2D eigenvalue weighted by Gasteiger charge is -2.15. The van der Waals surface area contributed by atoms with Crippen LogP contribution in [0.15, 0.2) is 18.2 Å². The Hall–Kier alpha value is -1.71. The maximum absolute atomic E-state index is 11.3. The van der Waals surface area contributed by atoms with E-state index in [1.807, 2.05) is 6.07 Å². The first-order chi connectivity index (χ1) is 8.11. The summed E-state index contributed by atoms with van der Waals surface area (Å²) < 4.78 is 4.68. The Morgan fingerprint density at radius 1 is 1.53 bits per heavy atom. The van der Waals surface area contributed by atoms with Crippen LogP contribution in [0.5, 0.6) is 0 Å². The summed E-state index contributed by atoms with van der Waals surface area (Å²) >= 11 is 0. The zero-order valence-electron chi connectivity index (χ0n) is 10.5. The fourth-order valence-corrected chi connectivity index (χ4v) is 2.14. The summed E-state index contributed by atoms with van der Waals surface area (Å²) in [5.74, 6) is -0.248. The Morgan fingerprint density at radius 3 is 3.00 bits per heavy atom. The maximum atomic E-state index is 11.3. The normalized spacial score (nSPS) is 15.4. The zero-order chi connectivity index (χ0) is 12.4. The molecular formula is C13H18N2O2. The number of methoxy groups -OCH3 is 1. The van der Waals surface area contributed by atoms with Crippen LogP contribution < -0.4 is 10.2 Å². The van der Waals surface area contributed by atoms with Gasteiger partial charge in [0.1, 0.15) is 6.04 Å². The Bertz CT molecular complexity index is 431. The van der Waals surface area contributed by atoms with Crippen LogP contribution in [0.3, 0.4) is 0 Å². The molecule has 1 aliphatic heterocycles. The molecule has 0 spiro atoms. The van der Waals surface area contributed by atoms with Gasteiger partial charge in [-0.3, -0.25) is 0 Å². The number of fused-ring (bicyclic) bond motifs is 1. The molecule has 1 heterocycles. The van der Waals surface area contributed by atoms with E-state index in [0.717, 1.165) is 18.7 Å². The van der Waals surface area contributed by atoms with Gasteiger partial charge < -0.3 is 15.0 Å². The number of anilines is 2. The second-order valence-electron chi connectivity index (χ2n) is 4.40. The van der Waals surface area contributed by atoms with Gasteiger partial charge in [0, 0.05) is 25.0 Å². The lowest BCUT2D eigenvalue weighted by Crippen LogP contribution is -2.27. The fraction of sp³-hybridized carbons (Fsp3) is 0.462. The van der Waals surface area contributed by atoms with Gasteiger partial charge in [-0.15, -0.1) is 0 Å². The molecule has 0 saturated heterocycles. The lowest BCUT2D eigenvalue weighted by molar-refractivity contribution is -0.141. The highest BCUT2D eigenvalue weighted by molar-refractivity contribution is 5.79. The van der Waals surface area contributed by atoms with Crippen LogP contribution in [0.1, 0.15) is 12.5 Å².